The highest BCUT2D eigenvalue weighted by Gasteiger charge is 2.08. The van der Waals surface area contributed by atoms with Crippen molar-refractivity contribution < 1.29 is 14.3 Å². The molecular weight excluding hydrogens is 268 g/mol. The number of carbonyl (C=O) groups is 2. The number of aromatic nitrogens is 1. The minimum Gasteiger partial charge on any atom is -0.462 e. The third-order valence-electron chi connectivity index (χ3n) is 2.81. The Balaban J connectivity index is 2.06. The highest BCUT2D eigenvalue weighted by molar-refractivity contribution is 6.04. The van der Waals surface area contributed by atoms with E-state index in [1.807, 2.05) is 6.92 Å². The summed E-state index contributed by atoms with van der Waals surface area (Å²) in [5.74, 6) is -0.593. The van der Waals surface area contributed by atoms with Crippen molar-refractivity contribution in [2.45, 2.75) is 13.8 Å². The topological polar surface area (TPSA) is 68.3 Å². The molecule has 21 heavy (non-hydrogen) atoms. The van der Waals surface area contributed by atoms with Crippen LogP contribution in [0.4, 0.5) is 5.69 Å². The summed E-state index contributed by atoms with van der Waals surface area (Å²) in [6, 6.07) is 9.92. The first kappa shape index (κ1) is 14.7. The number of pyridine rings is 1. The first-order chi connectivity index (χ1) is 10.1. The van der Waals surface area contributed by atoms with Crippen LogP contribution in [-0.4, -0.2) is 23.5 Å². The van der Waals surface area contributed by atoms with Crippen LogP contribution in [0.15, 0.2) is 42.6 Å². The average molecular weight is 284 g/mol. The molecule has 1 aromatic heterocycles. The van der Waals surface area contributed by atoms with Crippen molar-refractivity contribution in [3.8, 4) is 0 Å². The maximum absolute atomic E-state index is 12.1. The van der Waals surface area contributed by atoms with Gasteiger partial charge in [0.2, 0.25) is 0 Å². The average Bonchev–Trinajstić information content (AvgIpc) is 2.48. The number of hydrogen-bond acceptors (Lipinski definition) is 4. The molecule has 0 fully saturated rings. The maximum Gasteiger partial charge on any atom is 0.338 e. The largest absolute Gasteiger partial charge is 0.462 e. The van der Waals surface area contributed by atoms with Gasteiger partial charge in [-0.05, 0) is 50.2 Å². The SMILES string of the molecule is CCOC(=O)c1ccc(NC(=O)c2ccnc(C)c2)cc1. The van der Waals surface area contributed by atoms with E-state index in [1.165, 1.54) is 0 Å². The highest BCUT2D eigenvalue weighted by atomic mass is 16.5. The lowest BCUT2D eigenvalue weighted by atomic mass is 10.2. The number of nitrogens with zero attached hydrogens (tertiary/aromatic N) is 1. The second kappa shape index (κ2) is 6.65. The van der Waals surface area contributed by atoms with Gasteiger partial charge >= 0.3 is 5.97 Å². The van der Waals surface area contributed by atoms with E-state index in [0.29, 0.717) is 23.4 Å². The predicted molar refractivity (Wildman–Crippen MR) is 79.3 cm³/mol. The van der Waals surface area contributed by atoms with Crippen molar-refractivity contribution in [3.05, 3.63) is 59.4 Å². The van der Waals surface area contributed by atoms with E-state index in [4.69, 9.17) is 4.74 Å². The second-order valence-corrected chi connectivity index (χ2v) is 4.44. The van der Waals surface area contributed by atoms with E-state index in [0.717, 1.165) is 5.69 Å². The van der Waals surface area contributed by atoms with Crippen LogP contribution in [0.2, 0.25) is 0 Å². The molecule has 5 heteroatoms. The summed E-state index contributed by atoms with van der Waals surface area (Å²) >= 11 is 0. The molecule has 0 aliphatic heterocycles. The molecule has 1 N–H and O–H groups in total. The van der Waals surface area contributed by atoms with E-state index in [2.05, 4.69) is 10.3 Å². The molecule has 1 aromatic carbocycles. The molecule has 0 bridgehead atoms. The molecule has 0 unspecified atom stereocenters. The predicted octanol–water partition coefficient (Wildman–Crippen LogP) is 2.82. The van der Waals surface area contributed by atoms with Crippen molar-refractivity contribution in [1.29, 1.82) is 0 Å². The quantitative estimate of drug-likeness (QED) is 0.877. The molecule has 0 spiro atoms. The first-order valence-electron chi connectivity index (χ1n) is 6.61. The van der Waals surface area contributed by atoms with Crippen LogP contribution >= 0.6 is 0 Å². The Kier molecular flexibility index (Phi) is 4.66. The molecule has 2 aromatic rings. The van der Waals surface area contributed by atoms with Crippen LogP contribution in [0.3, 0.4) is 0 Å². The van der Waals surface area contributed by atoms with Gasteiger partial charge in [-0.1, -0.05) is 0 Å². The van der Waals surface area contributed by atoms with Crippen molar-refractivity contribution in [1.82, 2.24) is 4.98 Å². The molecule has 0 saturated carbocycles. The number of hydrogen-bond donors (Lipinski definition) is 1. The molecule has 1 heterocycles. The molecule has 0 aliphatic carbocycles. The van der Waals surface area contributed by atoms with Crippen LogP contribution in [0.1, 0.15) is 33.3 Å². The Morgan fingerprint density at radius 1 is 1.14 bits per heavy atom. The number of benzene rings is 1. The Morgan fingerprint density at radius 2 is 1.86 bits per heavy atom. The number of ether oxygens (including phenoxy) is 1. The fourth-order valence-corrected chi connectivity index (χ4v) is 1.79. The summed E-state index contributed by atoms with van der Waals surface area (Å²) in [6.45, 7) is 3.91. The molecule has 0 saturated heterocycles. The standard InChI is InChI=1S/C16H16N2O3/c1-3-21-16(20)12-4-6-14(7-5-12)18-15(19)13-8-9-17-11(2)10-13/h4-10H,3H2,1-2H3,(H,18,19). The third kappa shape index (κ3) is 3.89. The summed E-state index contributed by atoms with van der Waals surface area (Å²) in [5.41, 5.74) is 2.38. The molecular formula is C16H16N2O3. The fraction of sp³-hybridized carbons (Fsp3) is 0.188. The zero-order valence-electron chi connectivity index (χ0n) is 11.9. The number of carbonyl (C=O) groups excluding carboxylic acids is 2. The van der Waals surface area contributed by atoms with Gasteiger partial charge in [0.25, 0.3) is 5.91 Å². The normalized spacial score (nSPS) is 10.0. The number of amides is 1. The summed E-state index contributed by atoms with van der Waals surface area (Å²) < 4.78 is 4.90. The van der Waals surface area contributed by atoms with E-state index in [9.17, 15) is 9.59 Å². The number of nitrogens with one attached hydrogen (secondary N) is 1. The van der Waals surface area contributed by atoms with Crippen LogP contribution in [-0.2, 0) is 4.74 Å². The first-order valence-corrected chi connectivity index (χ1v) is 6.61. The number of rotatable bonds is 4. The van der Waals surface area contributed by atoms with Crippen LogP contribution in [0, 0.1) is 6.92 Å². The summed E-state index contributed by atoms with van der Waals surface area (Å²) in [6.07, 6.45) is 1.59. The van der Waals surface area contributed by atoms with Gasteiger partial charge in [0.15, 0.2) is 0 Å². The van der Waals surface area contributed by atoms with E-state index in [-0.39, 0.29) is 11.9 Å². The Bertz CT molecular complexity index is 651. The van der Waals surface area contributed by atoms with Gasteiger partial charge in [0.05, 0.1) is 12.2 Å². The van der Waals surface area contributed by atoms with Gasteiger partial charge in [-0.2, -0.15) is 0 Å². The monoisotopic (exact) mass is 284 g/mol. The van der Waals surface area contributed by atoms with Crippen LogP contribution in [0.5, 0.6) is 0 Å². The van der Waals surface area contributed by atoms with E-state index in [1.54, 1.807) is 49.5 Å². The van der Waals surface area contributed by atoms with Gasteiger partial charge in [0.1, 0.15) is 0 Å². The lowest BCUT2D eigenvalue weighted by Gasteiger charge is -2.07. The number of aryl methyl sites for hydroxylation is 1. The van der Waals surface area contributed by atoms with Crippen LogP contribution in [0.25, 0.3) is 0 Å². The van der Waals surface area contributed by atoms with Crippen molar-refractivity contribution in [2.75, 3.05) is 11.9 Å². The number of esters is 1. The van der Waals surface area contributed by atoms with Crippen molar-refractivity contribution in [2.24, 2.45) is 0 Å². The third-order valence-corrected chi connectivity index (χ3v) is 2.81. The van der Waals surface area contributed by atoms with Gasteiger partial charge in [-0.15, -0.1) is 0 Å². The molecule has 0 radical (unpaired) electrons. The van der Waals surface area contributed by atoms with Gasteiger partial charge < -0.3 is 10.1 Å². The Hall–Kier alpha value is -2.69. The van der Waals surface area contributed by atoms with Crippen molar-refractivity contribution >= 4 is 17.6 Å². The minimum atomic E-state index is -0.375. The van der Waals surface area contributed by atoms with Crippen molar-refractivity contribution in [3.63, 3.8) is 0 Å². The molecule has 1 amide bonds. The number of anilines is 1. The van der Waals surface area contributed by atoms with Gasteiger partial charge in [-0.3, -0.25) is 9.78 Å². The van der Waals surface area contributed by atoms with E-state index >= 15 is 0 Å². The maximum atomic E-state index is 12.1. The summed E-state index contributed by atoms with van der Waals surface area (Å²) in [7, 11) is 0. The smallest absolute Gasteiger partial charge is 0.338 e. The molecule has 108 valence electrons. The lowest BCUT2D eigenvalue weighted by molar-refractivity contribution is 0.0526. The van der Waals surface area contributed by atoms with E-state index < -0.39 is 0 Å². The Morgan fingerprint density at radius 3 is 2.48 bits per heavy atom. The molecule has 2 rings (SSSR count). The summed E-state index contributed by atoms with van der Waals surface area (Å²) in [5, 5.41) is 2.76. The molecule has 0 atom stereocenters. The van der Waals surface area contributed by atoms with Crippen LogP contribution < -0.4 is 5.32 Å². The Labute approximate surface area is 123 Å². The van der Waals surface area contributed by atoms with Gasteiger partial charge in [0, 0.05) is 23.1 Å². The highest BCUT2D eigenvalue weighted by Crippen LogP contribution is 2.12. The second-order valence-electron chi connectivity index (χ2n) is 4.44. The summed E-state index contributed by atoms with van der Waals surface area (Å²) in [4.78, 5) is 27.6. The van der Waals surface area contributed by atoms with Gasteiger partial charge in [-0.25, -0.2) is 4.79 Å². The fourth-order valence-electron chi connectivity index (χ4n) is 1.79. The minimum absolute atomic E-state index is 0.218. The zero-order chi connectivity index (χ0) is 15.2. The molecule has 0 aliphatic rings. The lowest BCUT2D eigenvalue weighted by Crippen LogP contribution is -2.12. The molecule has 5 nitrogen and oxygen atoms in total. The zero-order valence-corrected chi connectivity index (χ0v) is 11.9.